The van der Waals surface area contributed by atoms with E-state index < -0.39 is 12.0 Å². The second-order valence-corrected chi connectivity index (χ2v) is 8.19. The lowest BCUT2D eigenvalue weighted by Crippen LogP contribution is -2.56. The zero-order chi connectivity index (χ0) is 15.2. The van der Waals surface area contributed by atoms with Crippen LogP contribution in [0.1, 0.15) is 58.8 Å². The summed E-state index contributed by atoms with van der Waals surface area (Å²) < 4.78 is 0. The second kappa shape index (κ2) is 5.29. The molecule has 0 heterocycles. The van der Waals surface area contributed by atoms with E-state index in [4.69, 9.17) is 0 Å². The van der Waals surface area contributed by atoms with Crippen LogP contribution >= 0.6 is 0 Å². The monoisotopic (exact) mass is 293 g/mol. The minimum Gasteiger partial charge on any atom is -0.480 e. The van der Waals surface area contributed by atoms with Crippen LogP contribution in [0, 0.1) is 29.1 Å². The van der Waals surface area contributed by atoms with Gasteiger partial charge in [-0.05, 0) is 68.6 Å². The standard InChI is InChI=1S/C17H27NO3/c1-10(2)3-14(15(19)20)18-16(21)17-7-11-4-12(8-17)6-13(5-11)9-17/h10-14H,3-9H2,1-2H3,(H,18,21)(H,19,20)/t11?,12?,13?,14-,17?/m1/s1. The van der Waals surface area contributed by atoms with E-state index in [2.05, 4.69) is 5.32 Å². The smallest absolute Gasteiger partial charge is 0.326 e. The average Bonchev–Trinajstić information content (AvgIpc) is 2.35. The van der Waals surface area contributed by atoms with Crippen LogP contribution in [-0.4, -0.2) is 23.0 Å². The van der Waals surface area contributed by atoms with Gasteiger partial charge in [-0.3, -0.25) is 4.79 Å². The fourth-order valence-electron chi connectivity index (χ4n) is 5.39. The molecule has 0 spiro atoms. The summed E-state index contributed by atoms with van der Waals surface area (Å²) >= 11 is 0. The summed E-state index contributed by atoms with van der Waals surface area (Å²) in [7, 11) is 0. The first-order chi connectivity index (χ1) is 9.88. The van der Waals surface area contributed by atoms with Crippen LogP contribution in [0.4, 0.5) is 0 Å². The molecule has 4 saturated carbocycles. The molecule has 0 aromatic heterocycles. The first-order valence-corrected chi connectivity index (χ1v) is 8.42. The molecule has 118 valence electrons. The zero-order valence-electron chi connectivity index (χ0n) is 13.1. The largest absolute Gasteiger partial charge is 0.480 e. The van der Waals surface area contributed by atoms with Gasteiger partial charge in [0.1, 0.15) is 6.04 Å². The van der Waals surface area contributed by atoms with Gasteiger partial charge in [0, 0.05) is 5.41 Å². The van der Waals surface area contributed by atoms with Gasteiger partial charge in [0.05, 0.1) is 0 Å². The van der Waals surface area contributed by atoms with E-state index in [1.165, 1.54) is 19.3 Å². The fourth-order valence-corrected chi connectivity index (χ4v) is 5.39. The predicted octanol–water partition coefficient (Wildman–Crippen LogP) is 2.82. The summed E-state index contributed by atoms with van der Waals surface area (Å²) in [5.41, 5.74) is -0.251. The normalized spacial score (nSPS) is 38.5. The fraction of sp³-hybridized carbons (Fsp3) is 0.882. The lowest BCUT2D eigenvalue weighted by molar-refractivity contribution is -0.151. The number of hydrogen-bond donors (Lipinski definition) is 2. The number of carboxylic acids is 1. The predicted molar refractivity (Wildman–Crippen MR) is 79.6 cm³/mol. The van der Waals surface area contributed by atoms with E-state index in [0.717, 1.165) is 19.3 Å². The first kappa shape index (κ1) is 14.9. The number of carbonyl (C=O) groups is 2. The maximum Gasteiger partial charge on any atom is 0.326 e. The van der Waals surface area contributed by atoms with Crippen LogP contribution in [0.3, 0.4) is 0 Å². The highest BCUT2D eigenvalue weighted by atomic mass is 16.4. The molecule has 4 fully saturated rings. The Bertz CT molecular complexity index is 408. The topological polar surface area (TPSA) is 66.4 Å². The van der Waals surface area contributed by atoms with Gasteiger partial charge in [-0.1, -0.05) is 13.8 Å². The molecular formula is C17H27NO3. The molecule has 21 heavy (non-hydrogen) atoms. The Morgan fingerprint density at radius 3 is 1.95 bits per heavy atom. The van der Waals surface area contributed by atoms with Gasteiger partial charge in [-0.15, -0.1) is 0 Å². The number of carboxylic acid groups (broad SMARTS) is 1. The molecule has 0 aliphatic heterocycles. The Morgan fingerprint density at radius 2 is 1.57 bits per heavy atom. The Hall–Kier alpha value is -1.06. The van der Waals surface area contributed by atoms with Gasteiger partial charge >= 0.3 is 5.97 Å². The van der Waals surface area contributed by atoms with Gasteiger partial charge in [0.2, 0.25) is 5.91 Å². The highest BCUT2D eigenvalue weighted by Gasteiger charge is 2.54. The van der Waals surface area contributed by atoms with Crippen molar-refractivity contribution in [2.75, 3.05) is 0 Å². The maximum atomic E-state index is 12.8. The molecular weight excluding hydrogens is 266 g/mol. The summed E-state index contributed by atoms with van der Waals surface area (Å²) in [6.07, 6.45) is 7.34. The van der Waals surface area contributed by atoms with Crippen molar-refractivity contribution in [3.8, 4) is 0 Å². The van der Waals surface area contributed by atoms with Gasteiger partial charge in [0.25, 0.3) is 0 Å². The number of rotatable bonds is 5. The van der Waals surface area contributed by atoms with Gasteiger partial charge in [-0.2, -0.15) is 0 Å². The number of carbonyl (C=O) groups excluding carboxylic acids is 1. The van der Waals surface area contributed by atoms with Crippen molar-refractivity contribution in [2.24, 2.45) is 29.1 Å². The molecule has 4 rings (SSSR count). The SMILES string of the molecule is CC(C)C[C@@H](NC(=O)C12CC3CC(CC(C3)C1)C2)C(=O)O. The van der Waals surface area contributed by atoms with Crippen molar-refractivity contribution in [3.05, 3.63) is 0 Å². The van der Waals surface area contributed by atoms with E-state index in [-0.39, 0.29) is 17.2 Å². The summed E-state index contributed by atoms with van der Waals surface area (Å²) in [5.74, 6) is 1.50. The van der Waals surface area contributed by atoms with Crippen LogP contribution in [0.15, 0.2) is 0 Å². The van der Waals surface area contributed by atoms with Crippen molar-refractivity contribution < 1.29 is 14.7 Å². The number of nitrogens with one attached hydrogen (secondary N) is 1. The molecule has 4 heteroatoms. The van der Waals surface area contributed by atoms with Gasteiger partial charge in [-0.25, -0.2) is 4.79 Å². The van der Waals surface area contributed by atoms with Crippen LogP contribution in [0.2, 0.25) is 0 Å². The van der Waals surface area contributed by atoms with Crippen LogP contribution in [0.5, 0.6) is 0 Å². The minimum absolute atomic E-state index is 0.0228. The first-order valence-electron chi connectivity index (χ1n) is 8.42. The Kier molecular flexibility index (Phi) is 3.74. The van der Waals surface area contributed by atoms with E-state index in [0.29, 0.717) is 24.2 Å². The van der Waals surface area contributed by atoms with Crippen molar-refractivity contribution in [1.82, 2.24) is 5.32 Å². The zero-order valence-corrected chi connectivity index (χ0v) is 13.1. The summed E-state index contributed by atoms with van der Waals surface area (Å²) in [6.45, 7) is 3.99. The van der Waals surface area contributed by atoms with E-state index >= 15 is 0 Å². The lowest BCUT2D eigenvalue weighted by atomic mass is 9.49. The van der Waals surface area contributed by atoms with Crippen LogP contribution in [0.25, 0.3) is 0 Å². The minimum atomic E-state index is -0.901. The molecule has 2 N–H and O–H groups in total. The lowest BCUT2D eigenvalue weighted by Gasteiger charge is -2.55. The molecule has 1 amide bonds. The average molecular weight is 293 g/mol. The summed E-state index contributed by atoms with van der Waals surface area (Å²) in [4.78, 5) is 24.2. The third-order valence-electron chi connectivity index (χ3n) is 5.83. The Labute approximate surface area is 126 Å². The van der Waals surface area contributed by atoms with Crippen LogP contribution in [-0.2, 0) is 9.59 Å². The van der Waals surface area contributed by atoms with Crippen molar-refractivity contribution in [2.45, 2.75) is 64.8 Å². The molecule has 1 atom stereocenters. The maximum absolute atomic E-state index is 12.8. The second-order valence-electron chi connectivity index (χ2n) is 8.19. The third-order valence-corrected chi connectivity index (χ3v) is 5.83. The van der Waals surface area contributed by atoms with Crippen molar-refractivity contribution in [3.63, 3.8) is 0 Å². The molecule has 0 aromatic rings. The summed E-state index contributed by atoms with van der Waals surface area (Å²) in [5, 5.41) is 12.2. The number of aliphatic carboxylic acids is 1. The number of hydrogen-bond acceptors (Lipinski definition) is 2. The Balaban J connectivity index is 1.71. The number of amides is 1. The molecule has 4 nitrogen and oxygen atoms in total. The Morgan fingerprint density at radius 1 is 1.10 bits per heavy atom. The quantitative estimate of drug-likeness (QED) is 0.819. The molecule has 4 aliphatic rings. The molecule has 4 aliphatic carbocycles. The van der Waals surface area contributed by atoms with Gasteiger partial charge in [0.15, 0.2) is 0 Å². The molecule has 0 radical (unpaired) electrons. The molecule has 0 unspecified atom stereocenters. The molecule has 0 aromatic carbocycles. The summed E-state index contributed by atoms with van der Waals surface area (Å²) in [6, 6.07) is -0.731. The van der Waals surface area contributed by atoms with E-state index in [1.807, 2.05) is 13.8 Å². The van der Waals surface area contributed by atoms with E-state index in [1.54, 1.807) is 0 Å². The van der Waals surface area contributed by atoms with Crippen molar-refractivity contribution >= 4 is 11.9 Å². The third kappa shape index (κ3) is 2.82. The van der Waals surface area contributed by atoms with Crippen LogP contribution < -0.4 is 5.32 Å². The van der Waals surface area contributed by atoms with Crippen molar-refractivity contribution in [1.29, 1.82) is 0 Å². The highest BCUT2D eigenvalue weighted by Crippen LogP contribution is 2.60. The highest BCUT2D eigenvalue weighted by molar-refractivity contribution is 5.87. The van der Waals surface area contributed by atoms with Gasteiger partial charge < -0.3 is 10.4 Å². The molecule has 0 saturated heterocycles. The van der Waals surface area contributed by atoms with E-state index in [9.17, 15) is 14.7 Å². The molecule has 4 bridgehead atoms.